The topological polar surface area (TPSA) is 47.3 Å². The van der Waals surface area contributed by atoms with Gasteiger partial charge in [0.15, 0.2) is 0 Å². The van der Waals surface area contributed by atoms with Gasteiger partial charge in [-0.15, -0.1) is 0 Å². The number of aromatic nitrogens is 2. The molecule has 1 aromatic carbocycles. The average Bonchev–Trinajstić information content (AvgIpc) is 2.93. The van der Waals surface area contributed by atoms with Crippen molar-refractivity contribution in [3.05, 3.63) is 48.0 Å². The first-order chi connectivity index (χ1) is 9.24. The minimum Gasteiger partial charge on any atom is -0.497 e. The van der Waals surface area contributed by atoms with Gasteiger partial charge >= 0.3 is 0 Å². The van der Waals surface area contributed by atoms with Crippen LogP contribution in [0.25, 0.3) is 0 Å². The molecule has 1 unspecified atom stereocenters. The van der Waals surface area contributed by atoms with Crippen LogP contribution in [-0.2, 0) is 13.0 Å². The molecule has 4 heteroatoms. The molecule has 1 aromatic heterocycles. The average molecular weight is 260 g/mol. The van der Waals surface area contributed by atoms with Crippen LogP contribution in [0.5, 0.6) is 5.75 Å². The van der Waals surface area contributed by atoms with Gasteiger partial charge in [-0.25, -0.2) is 4.98 Å². The van der Waals surface area contributed by atoms with Crippen molar-refractivity contribution in [3.63, 3.8) is 0 Å². The maximum atomic E-state index is 10.2. The van der Waals surface area contributed by atoms with Crippen LogP contribution in [-0.4, -0.2) is 21.8 Å². The Balaban J connectivity index is 1.94. The summed E-state index contributed by atoms with van der Waals surface area (Å²) in [6, 6.07) is 7.95. The molecular weight excluding hydrogens is 240 g/mol. The summed E-state index contributed by atoms with van der Waals surface area (Å²) in [5.74, 6) is 0.855. The molecule has 0 aliphatic carbocycles. The van der Waals surface area contributed by atoms with Gasteiger partial charge in [-0.05, 0) is 37.5 Å². The largest absolute Gasteiger partial charge is 0.497 e. The van der Waals surface area contributed by atoms with E-state index in [0.717, 1.165) is 24.4 Å². The molecule has 2 rings (SSSR count). The fraction of sp³-hybridized carbons (Fsp3) is 0.400. The number of aryl methyl sites for hydroxylation is 2. The normalized spacial score (nSPS) is 12.4. The number of nitrogens with zero attached hydrogens (tertiary/aromatic N) is 2. The molecule has 0 aliphatic heterocycles. The summed E-state index contributed by atoms with van der Waals surface area (Å²) in [4.78, 5) is 4.08. The minimum atomic E-state index is -0.468. The van der Waals surface area contributed by atoms with Gasteiger partial charge in [-0.1, -0.05) is 12.1 Å². The summed E-state index contributed by atoms with van der Waals surface area (Å²) in [6.07, 6.45) is 4.55. The standard InChI is InChI=1S/C15H20N2O2/c1-3-17-11-16-10-14(17)15(18)9-6-12-4-7-13(19-2)8-5-12/h4-5,7-8,10-11,15,18H,3,6,9H2,1-2H3. The van der Waals surface area contributed by atoms with E-state index >= 15 is 0 Å². The number of rotatable bonds is 6. The summed E-state index contributed by atoms with van der Waals surface area (Å²) in [5.41, 5.74) is 2.08. The Morgan fingerprint density at radius 2 is 2.05 bits per heavy atom. The van der Waals surface area contributed by atoms with Crippen molar-refractivity contribution in [2.75, 3.05) is 7.11 Å². The Bertz CT molecular complexity index is 505. The fourth-order valence-corrected chi connectivity index (χ4v) is 2.12. The molecule has 0 spiro atoms. The van der Waals surface area contributed by atoms with E-state index in [0.29, 0.717) is 6.42 Å². The van der Waals surface area contributed by atoms with Crippen LogP contribution >= 0.6 is 0 Å². The second kappa shape index (κ2) is 6.38. The molecule has 0 aliphatic rings. The van der Waals surface area contributed by atoms with E-state index in [1.54, 1.807) is 19.6 Å². The van der Waals surface area contributed by atoms with Crippen molar-refractivity contribution < 1.29 is 9.84 Å². The highest BCUT2D eigenvalue weighted by Crippen LogP contribution is 2.20. The van der Waals surface area contributed by atoms with E-state index in [2.05, 4.69) is 4.98 Å². The summed E-state index contributed by atoms with van der Waals surface area (Å²) in [7, 11) is 1.66. The summed E-state index contributed by atoms with van der Waals surface area (Å²) in [5, 5.41) is 10.2. The molecule has 102 valence electrons. The number of ether oxygens (including phenoxy) is 1. The first-order valence-corrected chi connectivity index (χ1v) is 6.55. The van der Waals surface area contributed by atoms with Crippen molar-refractivity contribution in [2.45, 2.75) is 32.4 Å². The quantitative estimate of drug-likeness (QED) is 0.868. The van der Waals surface area contributed by atoms with Crippen molar-refractivity contribution in [3.8, 4) is 5.75 Å². The zero-order chi connectivity index (χ0) is 13.7. The van der Waals surface area contributed by atoms with E-state index in [1.165, 1.54) is 5.56 Å². The zero-order valence-electron chi connectivity index (χ0n) is 11.4. The number of aliphatic hydroxyl groups is 1. The SMILES string of the molecule is CCn1cncc1C(O)CCc1ccc(OC)cc1. The van der Waals surface area contributed by atoms with E-state index < -0.39 is 6.10 Å². The van der Waals surface area contributed by atoms with Gasteiger partial charge in [0.05, 0.1) is 31.4 Å². The lowest BCUT2D eigenvalue weighted by molar-refractivity contribution is 0.158. The Morgan fingerprint density at radius 3 is 2.68 bits per heavy atom. The number of aliphatic hydroxyl groups excluding tert-OH is 1. The molecule has 19 heavy (non-hydrogen) atoms. The number of hydrogen-bond acceptors (Lipinski definition) is 3. The highest BCUT2D eigenvalue weighted by Gasteiger charge is 2.12. The van der Waals surface area contributed by atoms with Crippen LogP contribution < -0.4 is 4.74 Å². The van der Waals surface area contributed by atoms with Crippen LogP contribution in [0.2, 0.25) is 0 Å². The third kappa shape index (κ3) is 3.35. The first kappa shape index (κ1) is 13.6. The first-order valence-electron chi connectivity index (χ1n) is 6.55. The van der Waals surface area contributed by atoms with Crippen molar-refractivity contribution in [1.29, 1.82) is 0 Å². The number of hydrogen-bond donors (Lipinski definition) is 1. The van der Waals surface area contributed by atoms with E-state index in [1.807, 2.05) is 35.8 Å². The summed E-state index contributed by atoms with van der Waals surface area (Å²) >= 11 is 0. The van der Waals surface area contributed by atoms with Gasteiger partial charge in [0.25, 0.3) is 0 Å². The van der Waals surface area contributed by atoms with Crippen molar-refractivity contribution in [2.24, 2.45) is 0 Å². The second-order valence-corrected chi connectivity index (χ2v) is 4.51. The van der Waals surface area contributed by atoms with Crippen LogP contribution in [0.15, 0.2) is 36.8 Å². The molecule has 0 saturated carbocycles. The van der Waals surface area contributed by atoms with Crippen LogP contribution in [0.1, 0.15) is 30.7 Å². The van der Waals surface area contributed by atoms with E-state index in [-0.39, 0.29) is 0 Å². The smallest absolute Gasteiger partial charge is 0.118 e. The lowest BCUT2D eigenvalue weighted by Crippen LogP contribution is -2.06. The zero-order valence-corrected chi connectivity index (χ0v) is 11.4. The monoisotopic (exact) mass is 260 g/mol. The lowest BCUT2D eigenvalue weighted by atomic mass is 10.1. The molecule has 0 saturated heterocycles. The molecule has 2 aromatic rings. The van der Waals surface area contributed by atoms with Crippen LogP contribution in [0.3, 0.4) is 0 Å². The minimum absolute atomic E-state index is 0.468. The van der Waals surface area contributed by atoms with Crippen LogP contribution in [0, 0.1) is 0 Å². The van der Waals surface area contributed by atoms with E-state index in [4.69, 9.17) is 4.74 Å². The predicted molar refractivity (Wildman–Crippen MR) is 74.2 cm³/mol. The number of benzene rings is 1. The predicted octanol–water partition coefficient (Wildman–Crippen LogP) is 2.58. The Hall–Kier alpha value is -1.81. The maximum absolute atomic E-state index is 10.2. The van der Waals surface area contributed by atoms with Gasteiger partial charge in [-0.2, -0.15) is 0 Å². The van der Waals surface area contributed by atoms with Gasteiger partial charge in [0.2, 0.25) is 0 Å². The van der Waals surface area contributed by atoms with Gasteiger partial charge in [0, 0.05) is 6.54 Å². The third-order valence-electron chi connectivity index (χ3n) is 3.29. The van der Waals surface area contributed by atoms with E-state index in [9.17, 15) is 5.11 Å². The molecule has 0 bridgehead atoms. The van der Waals surface area contributed by atoms with Crippen LogP contribution in [0.4, 0.5) is 0 Å². The highest BCUT2D eigenvalue weighted by atomic mass is 16.5. The molecule has 1 N–H and O–H groups in total. The Morgan fingerprint density at radius 1 is 1.32 bits per heavy atom. The molecule has 0 fully saturated rings. The van der Waals surface area contributed by atoms with Gasteiger partial charge in [0.1, 0.15) is 5.75 Å². The molecule has 1 atom stereocenters. The molecule has 0 amide bonds. The molecule has 1 heterocycles. The molecule has 0 radical (unpaired) electrons. The lowest BCUT2D eigenvalue weighted by Gasteiger charge is -2.12. The summed E-state index contributed by atoms with van der Waals surface area (Å²) < 4.78 is 7.09. The Labute approximate surface area is 113 Å². The fourth-order valence-electron chi connectivity index (χ4n) is 2.12. The van der Waals surface area contributed by atoms with Gasteiger partial charge < -0.3 is 14.4 Å². The van der Waals surface area contributed by atoms with Crippen molar-refractivity contribution in [1.82, 2.24) is 9.55 Å². The Kier molecular flexibility index (Phi) is 4.58. The number of methoxy groups -OCH3 is 1. The molecule has 4 nitrogen and oxygen atoms in total. The number of imidazole rings is 1. The van der Waals surface area contributed by atoms with Crippen molar-refractivity contribution >= 4 is 0 Å². The second-order valence-electron chi connectivity index (χ2n) is 4.51. The summed E-state index contributed by atoms with van der Waals surface area (Å²) in [6.45, 7) is 2.87. The third-order valence-corrected chi connectivity index (χ3v) is 3.29. The maximum Gasteiger partial charge on any atom is 0.118 e. The molecular formula is C15H20N2O2. The highest BCUT2D eigenvalue weighted by molar-refractivity contribution is 5.27. The van der Waals surface area contributed by atoms with Gasteiger partial charge in [-0.3, -0.25) is 0 Å².